The van der Waals surface area contributed by atoms with Crippen LogP contribution in [-0.4, -0.2) is 54.7 Å². The molecule has 0 saturated carbocycles. The molecule has 1 N–H and O–H groups in total. The largest absolute Gasteiger partial charge is 0.495 e. The number of carbonyl (C=O) groups is 1. The maximum atomic E-state index is 13.1. The second-order valence-electron chi connectivity index (χ2n) is 7.05. The lowest BCUT2D eigenvalue weighted by molar-refractivity contribution is -0.192. The molecule has 1 aliphatic heterocycles. The SMILES string of the molecule is COc1ccc(CN2CCC2)c2ccn(S(=O)(=O)c3ccccc3)c12.O=C(O)C(F)(F)F. The fraction of sp³-hybridized carbons (Fsp3) is 0.286. The predicted molar refractivity (Wildman–Crippen MR) is 111 cm³/mol. The smallest absolute Gasteiger partial charge is 0.490 e. The second kappa shape index (κ2) is 9.21. The molecule has 0 unspecified atom stereocenters. The van der Waals surface area contributed by atoms with Gasteiger partial charge in [-0.25, -0.2) is 17.2 Å². The molecule has 1 saturated heterocycles. The van der Waals surface area contributed by atoms with Crippen LogP contribution >= 0.6 is 0 Å². The molecule has 1 aromatic heterocycles. The second-order valence-corrected chi connectivity index (χ2v) is 8.87. The van der Waals surface area contributed by atoms with Crippen molar-refractivity contribution in [3.05, 3.63) is 60.3 Å². The molecule has 4 rings (SSSR count). The van der Waals surface area contributed by atoms with Crippen LogP contribution in [0.2, 0.25) is 0 Å². The molecule has 2 heterocycles. The van der Waals surface area contributed by atoms with Gasteiger partial charge in [-0.05, 0) is 49.3 Å². The van der Waals surface area contributed by atoms with Crippen molar-refractivity contribution in [2.24, 2.45) is 0 Å². The molecular formula is C21H21F3N2O5S. The zero-order chi connectivity index (χ0) is 23.5. The lowest BCUT2D eigenvalue weighted by Crippen LogP contribution is -2.36. The zero-order valence-corrected chi connectivity index (χ0v) is 17.9. The molecule has 32 heavy (non-hydrogen) atoms. The van der Waals surface area contributed by atoms with E-state index in [0.29, 0.717) is 11.3 Å². The molecular weight excluding hydrogens is 449 g/mol. The van der Waals surface area contributed by atoms with E-state index in [4.69, 9.17) is 14.6 Å². The number of alkyl halides is 3. The van der Waals surface area contributed by atoms with Crippen molar-refractivity contribution < 1.29 is 36.2 Å². The van der Waals surface area contributed by atoms with E-state index in [1.165, 1.54) is 10.4 Å². The van der Waals surface area contributed by atoms with Gasteiger partial charge in [-0.3, -0.25) is 4.90 Å². The Labute approximate surface area is 182 Å². The van der Waals surface area contributed by atoms with Crippen molar-refractivity contribution in [2.45, 2.75) is 24.0 Å². The number of aromatic nitrogens is 1. The van der Waals surface area contributed by atoms with Gasteiger partial charge >= 0.3 is 12.1 Å². The first kappa shape index (κ1) is 23.6. The van der Waals surface area contributed by atoms with Gasteiger partial charge in [0.1, 0.15) is 11.3 Å². The van der Waals surface area contributed by atoms with E-state index in [0.717, 1.165) is 30.6 Å². The molecule has 3 aromatic rings. The number of hydrogen-bond acceptors (Lipinski definition) is 5. The summed E-state index contributed by atoms with van der Waals surface area (Å²) in [5.74, 6) is -2.20. The maximum absolute atomic E-state index is 13.1. The summed E-state index contributed by atoms with van der Waals surface area (Å²) in [6.45, 7) is 3.02. The average molecular weight is 470 g/mol. The minimum absolute atomic E-state index is 0.266. The number of benzene rings is 2. The molecule has 1 aliphatic rings. The fourth-order valence-electron chi connectivity index (χ4n) is 3.25. The maximum Gasteiger partial charge on any atom is 0.490 e. The van der Waals surface area contributed by atoms with Crippen LogP contribution in [0.1, 0.15) is 12.0 Å². The van der Waals surface area contributed by atoms with Gasteiger partial charge < -0.3 is 9.84 Å². The summed E-state index contributed by atoms with van der Waals surface area (Å²) in [4.78, 5) is 11.5. The van der Waals surface area contributed by atoms with Gasteiger partial charge in [0.2, 0.25) is 0 Å². The Kier molecular flexibility index (Phi) is 6.79. The summed E-state index contributed by atoms with van der Waals surface area (Å²) in [5, 5.41) is 8.05. The van der Waals surface area contributed by atoms with Crippen LogP contribution in [0.3, 0.4) is 0 Å². The molecule has 0 aliphatic carbocycles. The third kappa shape index (κ3) is 4.89. The van der Waals surface area contributed by atoms with E-state index in [1.807, 2.05) is 18.2 Å². The summed E-state index contributed by atoms with van der Waals surface area (Å²) in [7, 11) is -2.10. The summed E-state index contributed by atoms with van der Waals surface area (Å²) in [6.07, 6.45) is -2.24. The van der Waals surface area contributed by atoms with Crippen molar-refractivity contribution in [2.75, 3.05) is 20.2 Å². The Balaban J connectivity index is 0.000000360. The first-order chi connectivity index (χ1) is 15.1. The van der Waals surface area contributed by atoms with E-state index in [-0.39, 0.29) is 4.90 Å². The van der Waals surface area contributed by atoms with Crippen LogP contribution in [0.4, 0.5) is 13.2 Å². The van der Waals surface area contributed by atoms with Crippen LogP contribution in [0.25, 0.3) is 10.9 Å². The highest BCUT2D eigenvalue weighted by molar-refractivity contribution is 7.90. The lowest BCUT2D eigenvalue weighted by atomic mass is 10.1. The summed E-state index contributed by atoms with van der Waals surface area (Å²) in [6, 6.07) is 14.2. The first-order valence-electron chi connectivity index (χ1n) is 9.55. The Morgan fingerprint density at radius 3 is 2.22 bits per heavy atom. The van der Waals surface area contributed by atoms with Crippen molar-refractivity contribution in [3.8, 4) is 5.75 Å². The molecule has 0 bridgehead atoms. The number of methoxy groups -OCH3 is 1. The van der Waals surface area contributed by atoms with E-state index < -0.39 is 22.2 Å². The summed E-state index contributed by atoms with van der Waals surface area (Å²) < 4.78 is 64.7. The topological polar surface area (TPSA) is 88.8 Å². The molecule has 172 valence electrons. The molecule has 0 spiro atoms. The van der Waals surface area contributed by atoms with Crippen LogP contribution < -0.4 is 4.74 Å². The van der Waals surface area contributed by atoms with Gasteiger partial charge in [0.05, 0.1) is 12.0 Å². The van der Waals surface area contributed by atoms with Crippen molar-refractivity contribution in [3.63, 3.8) is 0 Å². The van der Waals surface area contributed by atoms with Gasteiger partial charge in [-0.2, -0.15) is 13.2 Å². The highest BCUT2D eigenvalue weighted by Gasteiger charge is 2.38. The van der Waals surface area contributed by atoms with Crippen LogP contribution in [0.15, 0.2) is 59.6 Å². The molecule has 0 atom stereocenters. The van der Waals surface area contributed by atoms with Crippen LogP contribution in [0, 0.1) is 0 Å². The highest BCUT2D eigenvalue weighted by atomic mass is 32.2. The van der Waals surface area contributed by atoms with E-state index in [9.17, 15) is 21.6 Å². The van der Waals surface area contributed by atoms with E-state index >= 15 is 0 Å². The zero-order valence-electron chi connectivity index (χ0n) is 17.0. The number of fused-ring (bicyclic) bond motifs is 1. The number of aliphatic carboxylic acids is 1. The van der Waals surface area contributed by atoms with Gasteiger partial charge in [0.25, 0.3) is 10.0 Å². The molecule has 1 fully saturated rings. The lowest BCUT2D eigenvalue weighted by Gasteiger charge is -2.31. The van der Waals surface area contributed by atoms with Crippen molar-refractivity contribution in [1.82, 2.24) is 8.87 Å². The van der Waals surface area contributed by atoms with Crippen molar-refractivity contribution in [1.29, 1.82) is 0 Å². The van der Waals surface area contributed by atoms with Crippen LogP contribution in [-0.2, 0) is 21.4 Å². The quantitative estimate of drug-likeness (QED) is 0.612. The normalized spacial score (nSPS) is 14.4. The fourth-order valence-corrected chi connectivity index (χ4v) is 4.63. The van der Waals surface area contributed by atoms with Gasteiger partial charge in [-0.1, -0.05) is 24.3 Å². The number of ether oxygens (including phenoxy) is 1. The highest BCUT2D eigenvalue weighted by Crippen LogP contribution is 2.33. The number of likely N-dealkylation sites (tertiary alicyclic amines) is 1. The average Bonchev–Trinajstić information content (AvgIpc) is 3.17. The number of carboxylic acids is 1. The number of nitrogens with zero attached hydrogens (tertiary/aromatic N) is 2. The van der Waals surface area contributed by atoms with E-state index in [2.05, 4.69) is 4.90 Å². The number of carboxylic acid groups (broad SMARTS) is 1. The molecule has 0 radical (unpaired) electrons. The molecule has 0 amide bonds. The summed E-state index contributed by atoms with van der Waals surface area (Å²) in [5.41, 5.74) is 1.72. The number of hydrogen-bond donors (Lipinski definition) is 1. The Bertz CT molecular complexity index is 1200. The van der Waals surface area contributed by atoms with E-state index in [1.54, 1.807) is 43.6 Å². The number of halogens is 3. The third-order valence-electron chi connectivity index (χ3n) is 4.97. The minimum atomic E-state index is -5.08. The predicted octanol–water partition coefficient (Wildman–Crippen LogP) is 3.73. The molecule has 11 heteroatoms. The minimum Gasteiger partial charge on any atom is -0.495 e. The Morgan fingerprint density at radius 2 is 1.72 bits per heavy atom. The number of rotatable bonds is 5. The standard InChI is InChI=1S/C19H20N2O3S.C2HF3O2/c1-24-18-9-8-15(14-20-11-5-12-20)17-10-13-21(19(17)18)25(22,23)16-6-3-2-4-7-16;3-2(4,5)1(6)7/h2-4,6-10,13H,5,11-12,14H2,1H3;(H,6,7). The molecule has 2 aromatic carbocycles. The van der Waals surface area contributed by atoms with Crippen molar-refractivity contribution >= 4 is 26.9 Å². The Hall–Kier alpha value is -3.05. The van der Waals surface area contributed by atoms with Gasteiger partial charge in [0.15, 0.2) is 0 Å². The Morgan fingerprint density at radius 1 is 1.09 bits per heavy atom. The first-order valence-corrected chi connectivity index (χ1v) is 11.0. The van der Waals surface area contributed by atoms with Crippen LogP contribution in [0.5, 0.6) is 5.75 Å². The summed E-state index contributed by atoms with van der Waals surface area (Å²) >= 11 is 0. The monoisotopic (exact) mass is 470 g/mol. The van der Waals surface area contributed by atoms with Gasteiger partial charge in [-0.15, -0.1) is 0 Å². The van der Waals surface area contributed by atoms with Gasteiger partial charge in [0, 0.05) is 18.1 Å². The third-order valence-corrected chi connectivity index (χ3v) is 6.66. The molecule has 7 nitrogen and oxygen atoms in total.